The van der Waals surface area contributed by atoms with Gasteiger partial charge in [0.05, 0.1) is 5.92 Å². The predicted octanol–water partition coefficient (Wildman–Crippen LogP) is 1.91. The number of fused-ring (bicyclic) bond motifs is 1. The van der Waals surface area contributed by atoms with Gasteiger partial charge in [-0.2, -0.15) is 0 Å². The molecule has 2 amide bonds. The molecule has 4 rings (SSSR count). The van der Waals surface area contributed by atoms with E-state index in [0.29, 0.717) is 42.1 Å². The lowest BCUT2D eigenvalue weighted by atomic mass is 10.1. The highest BCUT2D eigenvalue weighted by Crippen LogP contribution is 2.36. The van der Waals surface area contributed by atoms with Gasteiger partial charge in [0.15, 0.2) is 16.6 Å². The first-order chi connectivity index (χ1) is 11.7. The van der Waals surface area contributed by atoms with E-state index in [1.807, 2.05) is 6.07 Å². The number of anilines is 2. The maximum atomic E-state index is 12.3. The number of rotatable bonds is 3. The number of hydrogen-bond acceptors (Lipinski definition) is 6. The second-order valence-electron chi connectivity index (χ2n) is 5.56. The van der Waals surface area contributed by atoms with Gasteiger partial charge in [0, 0.05) is 36.3 Å². The molecule has 0 radical (unpaired) electrons. The fraction of sp³-hybridized carbons (Fsp3) is 0.312. The second kappa shape index (κ2) is 6.12. The summed E-state index contributed by atoms with van der Waals surface area (Å²) in [6.07, 6.45) is 1.81. The van der Waals surface area contributed by atoms with Crippen molar-refractivity contribution in [3.8, 4) is 11.5 Å². The first-order valence-electron chi connectivity index (χ1n) is 7.61. The van der Waals surface area contributed by atoms with E-state index in [0.717, 1.165) is 0 Å². The van der Waals surface area contributed by atoms with Gasteiger partial charge in [-0.05, 0) is 12.1 Å². The van der Waals surface area contributed by atoms with E-state index in [1.165, 1.54) is 11.3 Å². The Labute approximate surface area is 142 Å². The average molecular weight is 345 g/mol. The van der Waals surface area contributed by atoms with Gasteiger partial charge < -0.3 is 19.7 Å². The van der Waals surface area contributed by atoms with Crippen LogP contribution in [0.15, 0.2) is 29.8 Å². The summed E-state index contributed by atoms with van der Waals surface area (Å²) in [4.78, 5) is 30.3. The summed E-state index contributed by atoms with van der Waals surface area (Å²) in [5.74, 6) is 0.649. The summed E-state index contributed by atoms with van der Waals surface area (Å²) in [6, 6.07) is 5.39. The third kappa shape index (κ3) is 2.80. The number of carbonyl (C=O) groups is 2. The summed E-state index contributed by atoms with van der Waals surface area (Å²) in [6.45, 7) is 1.35. The minimum absolute atomic E-state index is 0.0778. The molecular formula is C16H15N3O4S. The number of ether oxygens (including phenoxy) is 2. The molecule has 0 saturated carbocycles. The summed E-state index contributed by atoms with van der Waals surface area (Å²) >= 11 is 1.35. The van der Waals surface area contributed by atoms with E-state index in [1.54, 1.807) is 28.6 Å². The highest BCUT2D eigenvalue weighted by Gasteiger charge is 2.35. The molecule has 24 heavy (non-hydrogen) atoms. The maximum Gasteiger partial charge on any atom is 0.231 e. The number of hydrogen-bond donors (Lipinski definition) is 1. The number of carbonyl (C=O) groups excluding carboxylic acids is 2. The maximum absolute atomic E-state index is 12.3. The molecule has 1 saturated heterocycles. The highest BCUT2D eigenvalue weighted by atomic mass is 32.1. The lowest BCUT2D eigenvalue weighted by Gasteiger charge is -2.22. The fourth-order valence-corrected chi connectivity index (χ4v) is 3.36. The Morgan fingerprint density at radius 2 is 2.12 bits per heavy atom. The summed E-state index contributed by atoms with van der Waals surface area (Å²) in [5, 5.41) is 5.09. The Bertz CT molecular complexity index is 778. The van der Waals surface area contributed by atoms with Crippen molar-refractivity contribution in [2.75, 3.05) is 30.0 Å². The Morgan fingerprint density at radius 1 is 1.29 bits per heavy atom. The molecule has 0 aliphatic carbocycles. The minimum atomic E-state index is -0.394. The number of nitrogens with one attached hydrogen (secondary N) is 1. The molecule has 8 heteroatoms. The Hall–Kier alpha value is -2.61. The normalized spacial score (nSPS) is 19.4. The van der Waals surface area contributed by atoms with E-state index in [-0.39, 0.29) is 18.2 Å². The third-order valence-corrected chi connectivity index (χ3v) is 4.68. The van der Waals surface area contributed by atoms with Crippen LogP contribution in [0.25, 0.3) is 0 Å². The van der Waals surface area contributed by atoms with E-state index >= 15 is 0 Å². The van der Waals surface area contributed by atoms with Crippen molar-refractivity contribution >= 4 is 34.0 Å². The van der Waals surface area contributed by atoms with E-state index in [4.69, 9.17) is 9.47 Å². The van der Waals surface area contributed by atoms with Crippen molar-refractivity contribution < 1.29 is 19.1 Å². The van der Waals surface area contributed by atoms with Crippen LogP contribution in [0.4, 0.5) is 10.8 Å². The smallest absolute Gasteiger partial charge is 0.231 e. The van der Waals surface area contributed by atoms with Crippen LogP contribution in [-0.2, 0) is 9.59 Å². The van der Waals surface area contributed by atoms with Crippen LogP contribution in [0.1, 0.15) is 6.42 Å². The van der Waals surface area contributed by atoms with Crippen molar-refractivity contribution in [2.24, 2.45) is 5.92 Å². The quantitative estimate of drug-likeness (QED) is 0.919. The molecule has 3 heterocycles. The molecule has 0 spiro atoms. The van der Waals surface area contributed by atoms with Gasteiger partial charge in [-0.15, -0.1) is 11.3 Å². The van der Waals surface area contributed by atoms with Crippen LogP contribution in [-0.4, -0.2) is 36.6 Å². The van der Waals surface area contributed by atoms with Crippen molar-refractivity contribution in [3.05, 3.63) is 29.8 Å². The first-order valence-corrected chi connectivity index (χ1v) is 8.49. The van der Waals surface area contributed by atoms with Gasteiger partial charge in [-0.3, -0.25) is 9.59 Å². The molecule has 0 bridgehead atoms. The molecule has 1 N–H and O–H groups in total. The van der Waals surface area contributed by atoms with Crippen molar-refractivity contribution in [2.45, 2.75) is 6.42 Å². The number of amides is 2. The molecule has 1 fully saturated rings. The third-order valence-electron chi connectivity index (χ3n) is 4.00. The first kappa shape index (κ1) is 14.9. The summed E-state index contributed by atoms with van der Waals surface area (Å²) in [5.41, 5.74) is 0.716. The van der Waals surface area contributed by atoms with Crippen molar-refractivity contribution in [3.63, 3.8) is 0 Å². The number of thiazole rings is 1. The fourth-order valence-electron chi connectivity index (χ4n) is 2.83. The molecule has 1 aromatic heterocycles. The molecule has 2 aliphatic heterocycles. The Kier molecular flexibility index (Phi) is 3.81. The summed E-state index contributed by atoms with van der Waals surface area (Å²) in [7, 11) is 0. The Morgan fingerprint density at radius 3 is 2.92 bits per heavy atom. The zero-order chi connectivity index (χ0) is 16.5. The molecular weight excluding hydrogens is 330 g/mol. The van der Waals surface area contributed by atoms with E-state index < -0.39 is 5.92 Å². The average Bonchev–Trinajstić information content (AvgIpc) is 3.24. The van der Waals surface area contributed by atoms with Crippen LogP contribution in [0.3, 0.4) is 0 Å². The van der Waals surface area contributed by atoms with Crippen LogP contribution in [0.5, 0.6) is 11.5 Å². The van der Waals surface area contributed by atoms with E-state index in [9.17, 15) is 9.59 Å². The zero-order valence-corrected chi connectivity index (χ0v) is 13.5. The Balaban J connectivity index is 1.49. The largest absolute Gasteiger partial charge is 0.486 e. The monoisotopic (exact) mass is 345 g/mol. The molecule has 124 valence electrons. The SMILES string of the molecule is O=C(Nc1nccs1)C1CC(=O)N(c2ccc3c(c2)OCCO3)C1. The molecule has 1 atom stereocenters. The van der Waals surface area contributed by atoms with Gasteiger partial charge in [0.2, 0.25) is 11.8 Å². The molecule has 1 aromatic carbocycles. The number of benzene rings is 1. The van der Waals surface area contributed by atoms with Crippen molar-refractivity contribution in [1.29, 1.82) is 0 Å². The predicted molar refractivity (Wildman–Crippen MR) is 88.6 cm³/mol. The molecule has 7 nitrogen and oxygen atoms in total. The van der Waals surface area contributed by atoms with Gasteiger partial charge in [0.25, 0.3) is 0 Å². The molecule has 1 unspecified atom stereocenters. The van der Waals surface area contributed by atoms with Gasteiger partial charge in [0.1, 0.15) is 13.2 Å². The molecule has 2 aromatic rings. The lowest BCUT2D eigenvalue weighted by Crippen LogP contribution is -2.28. The van der Waals surface area contributed by atoms with Crippen LogP contribution < -0.4 is 19.7 Å². The van der Waals surface area contributed by atoms with Crippen LogP contribution in [0, 0.1) is 5.92 Å². The summed E-state index contributed by atoms with van der Waals surface area (Å²) < 4.78 is 11.0. The van der Waals surface area contributed by atoms with Gasteiger partial charge >= 0.3 is 0 Å². The van der Waals surface area contributed by atoms with Crippen LogP contribution in [0.2, 0.25) is 0 Å². The van der Waals surface area contributed by atoms with Crippen LogP contribution >= 0.6 is 11.3 Å². The zero-order valence-electron chi connectivity index (χ0n) is 12.7. The minimum Gasteiger partial charge on any atom is -0.486 e. The topological polar surface area (TPSA) is 80.8 Å². The number of aromatic nitrogens is 1. The molecule has 2 aliphatic rings. The lowest BCUT2D eigenvalue weighted by molar-refractivity contribution is -0.122. The standard InChI is InChI=1S/C16H15N3O4S/c20-14-7-10(15(21)18-16-17-3-6-24-16)9-19(14)11-1-2-12-13(8-11)23-5-4-22-12/h1-3,6,8,10H,4-5,7,9H2,(H,17,18,21). The highest BCUT2D eigenvalue weighted by molar-refractivity contribution is 7.13. The second-order valence-corrected chi connectivity index (χ2v) is 6.45. The van der Waals surface area contributed by atoms with Gasteiger partial charge in [-0.25, -0.2) is 4.98 Å². The van der Waals surface area contributed by atoms with Gasteiger partial charge in [-0.1, -0.05) is 0 Å². The van der Waals surface area contributed by atoms with Crippen molar-refractivity contribution in [1.82, 2.24) is 4.98 Å². The van der Waals surface area contributed by atoms with E-state index in [2.05, 4.69) is 10.3 Å². The number of nitrogens with zero attached hydrogens (tertiary/aromatic N) is 2.